The molecular weight excluding hydrogens is 156 g/mol. The smallest absolute Gasteiger partial charge is 0.00943 e. The van der Waals surface area contributed by atoms with Crippen LogP contribution in [0.4, 0.5) is 0 Å². The molecule has 1 aliphatic rings. The van der Waals surface area contributed by atoms with Crippen molar-refractivity contribution < 1.29 is 0 Å². The Balaban J connectivity index is 2.67. The summed E-state index contributed by atoms with van der Waals surface area (Å²) in [5, 5.41) is 0. The van der Waals surface area contributed by atoms with Crippen LogP contribution < -0.4 is 0 Å². The Bertz CT molecular complexity index is 229. The van der Waals surface area contributed by atoms with Gasteiger partial charge in [-0.15, -0.1) is 12.3 Å². The molecule has 1 unspecified atom stereocenters. The number of allylic oxidation sites excluding steroid dienone is 2. The topological polar surface area (TPSA) is 0 Å². The first-order valence-corrected chi connectivity index (χ1v) is 5.32. The number of hydrogen-bond donors (Lipinski definition) is 0. The summed E-state index contributed by atoms with van der Waals surface area (Å²) in [5.74, 6) is 2.76. The number of rotatable bonds is 2. The highest BCUT2D eigenvalue weighted by molar-refractivity contribution is 5.15. The minimum absolute atomic E-state index is 0.416. The van der Waals surface area contributed by atoms with Crippen molar-refractivity contribution in [1.82, 2.24) is 0 Å². The van der Waals surface area contributed by atoms with Gasteiger partial charge in [0, 0.05) is 6.42 Å². The maximum Gasteiger partial charge on any atom is 0.00943 e. The van der Waals surface area contributed by atoms with Crippen LogP contribution in [0.15, 0.2) is 11.6 Å². The molecule has 0 aliphatic heterocycles. The van der Waals surface area contributed by atoms with Crippen LogP contribution in [-0.2, 0) is 0 Å². The molecule has 0 aromatic heterocycles. The zero-order chi connectivity index (χ0) is 9.73. The first-order chi connectivity index (χ1) is 6.23. The van der Waals surface area contributed by atoms with Gasteiger partial charge in [-0.05, 0) is 38.0 Å². The standard InChI is InChI=1S/C13H20/c1-4-6-10-13(3)11-8-7-9-12(13)5-2/h1,5H,6-11H2,2-3H3/b12-5-. The number of hydrogen-bond acceptors (Lipinski definition) is 0. The third kappa shape index (κ3) is 2.37. The molecule has 72 valence electrons. The summed E-state index contributed by atoms with van der Waals surface area (Å²) in [6, 6.07) is 0. The van der Waals surface area contributed by atoms with Crippen molar-refractivity contribution in [3.05, 3.63) is 11.6 Å². The van der Waals surface area contributed by atoms with E-state index in [1.165, 1.54) is 32.1 Å². The predicted molar refractivity (Wildman–Crippen MR) is 58.4 cm³/mol. The summed E-state index contributed by atoms with van der Waals surface area (Å²) in [5.41, 5.74) is 2.05. The highest BCUT2D eigenvalue weighted by Gasteiger charge is 2.29. The van der Waals surface area contributed by atoms with E-state index in [1.54, 1.807) is 5.57 Å². The van der Waals surface area contributed by atoms with Gasteiger partial charge in [0.15, 0.2) is 0 Å². The third-order valence-corrected chi connectivity index (χ3v) is 3.37. The fourth-order valence-electron chi connectivity index (χ4n) is 2.42. The predicted octanol–water partition coefficient (Wildman–Crippen LogP) is 3.93. The van der Waals surface area contributed by atoms with Crippen molar-refractivity contribution >= 4 is 0 Å². The maximum atomic E-state index is 5.32. The van der Waals surface area contributed by atoms with E-state index in [0.717, 1.165) is 6.42 Å². The lowest BCUT2D eigenvalue weighted by atomic mass is 9.69. The van der Waals surface area contributed by atoms with Gasteiger partial charge in [0.1, 0.15) is 0 Å². The second-order valence-electron chi connectivity index (χ2n) is 4.29. The SMILES string of the molecule is C#CCCC1(C)CCCC/C1=C/C. The van der Waals surface area contributed by atoms with Crippen molar-refractivity contribution in [2.24, 2.45) is 5.41 Å². The Hall–Kier alpha value is -0.700. The number of terminal acetylenes is 1. The Kier molecular flexibility index (Phi) is 3.60. The van der Waals surface area contributed by atoms with Crippen LogP contribution in [0.1, 0.15) is 52.4 Å². The summed E-state index contributed by atoms with van der Waals surface area (Å²) < 4.78 is 0. The third-order valence-electron chi connectivity index (χ3n) is 3.37. The second-order valence-corrected chi connectivity index (χ2v) is 4.29. The normalized spacial score (nSPS) is 31.6. The van der Waals surface area contributed by atoms with Gasteiger partial charge in [0.25, 0.3) is 0 Å². The lowest BCUT2D eigenvalue weighted by Crippen LogP contribution is -2.23. The van der Waals surface area contributed by atoms with Gasteiger partial charge >= 0.3 is 0 Å². The maximum absolute atomic E-state index is 5.32. The van der Waals surface area contributed by atoms with Crippen LogP contribution in [0, 0.1) is 17.8 Å². The zero-order valence-corrected chi connectivity index (χ0v) is 8.90. The molecule has 0 bridgehead atoms. The molecule has 0 amide bonds. The Morgan fingerprint density at radius 1 is 1.54 bits per heavy atom. The van der Waals surface area contributed by atoms with Gasteiger partial charge < -0.3 is 0 Å². The molecule has 1 fully saturated rings. The van der Waals surface area contributed by atoms with E-state index in [1.807, 2.05) is 0 Å². The van der Waals surface area contributed by atoms with E-state index in [9.17, 15) is 0 Å². The van der Waals surface area contributed by atoms with Crippen molar-refractivity contribution in [3.8, 4) is 12.3 Å². The van der Waals surface area contributed by atoms with Gasteiger partial charge in [-0.25, -0.2) is 0 Å². The first-order valence-electron chi connectivity index (χ1n) is 5.32. The van der Waals surface area contributed by atoms with E-state index in [-0.39, 0.29) is 0 Å². The van der Waals surface area contributed by atoms with Gasteiger partial charge in [0.05, 0.1) is 0 Å². The fourth-order valence-corrected chi connectivity index (χ4v) is 2.42. The van der Waals surface area contributed by atoms with Crippen LogP contribution in [0.25, 0.3) is 0 Å². The Morgan fingerprint density at radius 2 is 2.31 bits per heavy atom. The lowest BCUT2D eigenvalue weighted by Gasteiger charge is -2.36. The van der Waals surface area contributed by atoms with Crippen LogP contribution in [0.3, 0.4) is 0 Å². The van der Waals surface area contributed by atoms with Gasteiger partial charge in [-0.1, -0.05) is 25.0 Å². The van der Waals surface area contributed by atoms with Crippen molar-refractivity contribution in [3.63, 3.8) is 0 Å². The second kappa shape index (κ2) is 4.51. The molecule has 1 saturated carbocycles. The Labute approximate surface area is 82.4 Å². The van der Waals surface area contributed by atoms with E-state index < -0.39 is 0 Å². The average molecular weight is 176 g/mol. The van der Waals surface area contributed by atoms with Gasteiger partial charge in [0.2, 0.25) is 0 Å². The molecule has 0 saturated heterocycles. The van der Waals surface area contributed by atoms with E-state index in [4.69, 9.17) is 6.42 Å². The molecule has 13 heavy (non-hydrogen) atoms. The molecule has 0 nitrogen and oxygen atoms in total. The van der Waals surface area contributed by atoms with Crippen LogP contribution in [-0.4, -0.2) is 0 Å². The van der Waals surface area contributed by atoms with E-state index in [2.05, 4.69) is 25.8 Å². The van der Waals surface area contributed by atoms with E-state index in [0.29, 0.717) is 5.41 Å². The molecule has 0 radical (unpaired) electrons. The summed E-state index contributed by atoms with van der Waals surface area (Å²) >= 11 is 0. The molecule has 0 aromatic carbocycles. The highest BCUT2D eigenvalue weighted by atomic mass is 14.3. The molecule has 0 heteroatoms. The van der Waals surface area contributed by atoms with Crippen molar-refractivity contribution in [2.45, 2.75) is 52.4 Å². The zero-order valence-electron chi connectivity index (χ0n) is 8.90. The van der Waals surface area contributed by atoms with Gasteiger partial charge in [-0.3, -0.25) is 0 Å². The summed E-state index contributed by atoms with van der Waals surface area (Å²) in [6.07, 6.45) is 15.1. The van der Waals surface area contributed by atoms with E-state index >= 15 is 0 Å². The lowest BCUT2D eigenvalue weighted by molar-refractivity contribution is 0.284. The van der Waals surface area contributed by atoms with Gasteiger partial charge in [-0.2, -0.15) is 0 Å². The minimum atomic E-state index is 0.416. The average Bonchev–Trinajstić information content (AvgIpc) is 2.16. The van der Waals surface area contributed by atoms with Crippen molar-refractivity contribution in [2.75, 3.05) is 0 Å². The van der Waals surface area contributed by atoms with Crippen LogP contribution in [0.5, 0.6) is 0 Å². The monoisotopic (exact) mass is 176 g/mol. The molecule has 1 aliphatic carbocycles. The first kappa shape index (κ1) is 10.4. The summed E-state index contributed by atoms with van der Waals surface area (Å²) in [7, 11) is 0. The summed E-state index contributed by atoms with van der Waals surface area (Å²) in [4.78, 5) is 0. The fraction of sp³-hybridized carbons (Fsp3) is 0.692. The molecule has 0 heterocycles. The Morgan fingerprint density at radius 3 is 2.92 bits per heavy atom. The van der Waals surface area contributed by atoms with Crippen LogP contribution >= 0.6 is 0 Å². The molecule has 1 rings (SSSR count). The largest absolute Gasteiger partial charge is 0.120 e. The highest BCUT2D eigenvalue weighted by Crippen LogP contribution is 2.43. The van der Waals surface area contributed by atoms with Crippen molar-refractivity contribution in [1.29, 1.82) is 0 Å². The molecule has 1 atom stereocenters. The molecular formula is C13H20. The quantitative estimate of drug-likeness (QED) is 0.442. The van der Waals surface area contributed by atoms with Crippen LogP contribution in [0.2, 0.25) is 0 Å². The molecule has 0 aromatic rings. The minimum Gasteiger partial charge on any atom is -0.120 e. The summed E-state index contributed by atoms with van der Waals surface area (Å²) in [6.45, 7) is 4.54. The molecule has 0 N–H and O–H groups in total. The molecule has 0 spiro atoms.